The molecule has 1 fully saturated rings. The molecule has 5 aromatic rings. The molecule has 0 amide bonds. The molecule has 2 heterocycles. The molecule has 6 nitrogen and oxygen atoms in total. The van der Waals surface area contributed by atoms with Crippen molar-refractivity contribution in [1.29, 1.82) is 0 Å². The SMILES string of the molecule is Fc1cccc(COc2ccc(Nc3nncc4cc(-c5cccc(N6CCOCC6)c5)ccc34)cc2Cl)c1. The molecule has 6 rings (SSSR count). The second-order valence-corrected chi connectivity index (χ2v) is 9.74. The van der Waals surface area contributed by atoms with Gasteiger partial charge in [0.2, 0.25) is 0 Å². The highest BCUT2D eigenvalue weighted by Crippen LogP contribution is 2.33. The van der Waals surface area contributed by atoms with E-state index in [-0.39, 0.29) is 12.4 Å². The lowest BCUT2D eigenvalue weighted by Crippen LogP contribution is -2.36. The van der Waals surface area contributed by atoms with E-state index in [0.29, 0.717) is 16.6 Å². The van der Waals surface area contributed by atoms with E-state index in [9.17, 15) is 4.39 Å². The summed E-state index contributed by atoms with van der Waals surface area (Å²) in [5.74, 6) is 0.844. The second-order valence-electron chi connectivity index (χ2n) is 9.33. The molecule has 0 aliphatic carbocycles. The molecule has 0 atom stereocenters. The Hall–Kier alpha value is -4.20. The van der Waals surface area contributed by atoms with E-state index in [1.54, 1.807) is 30.5 Å². The Labute approximate surface area is 231 Å². The Kier molecular flexibility index (Phi) is 7.25. The third-order valence-corrected chi connectivity index (χ3v) is 6.99. The van der Waals surface area contributed by atoms with Crippen molar-refractivity contribution in [3.8, 4) is 16.9 Å². The van der Waals surface area contributed by atoms with Crippen molar-refractivity contribution in [1.82, 2.24) is 10.2 Å². The van der Waals surface area contributed by atoms with Gasteiger partial charge in [-0.15, -0.1) is 5.10 Å². The summed E-state index contributed by atoms with van der Waals surface area (Å²) in [5.41, 5.74) is 4.94. The highest BCUT2D eigenvalue weighted by atomic mass is 35.5. The monoisotopic (exact) mass is 540 g/mol. The first kappa shape index (κ1) is 25.1. The van der Waals surface area contributed by atoms with Crippen LogP contribution in [0.25, 0.3) is 21.9 Å². The van der Waals surface area contributed by atoms with E-state index < -0.39 is 0 Å². The Balaban J connectivity index is 1.20. The minimum atomic E-state index is -0.299. The lowest BCUT2D eigenvalue weighted by atomic mass is 10.0. The zero-order chi connectivity index (χ0) is 26.6. The molecule has 0 saturated carbocycles. The number of hydrogen-bond acceptors (Lipinski definition) is 6. The third kappa shape index (κ3) is 5.79. The maximum atomic E-state index is 13.4. The summed E-state index contributed by atoms with van der Waals surface area (Å²) in [4.78, 5) is 2.35. The molecule has 0 unspecified atom stereocenters. The first-order valence-electron chi connectivity index (χ1n) is 12.7. The first-order valence-corrected chi connectivity index (χ1v) is 13.1. The van der Waals surface area contributed by atoms with Crippen molar-refractivity contribution in [3.63, 3.8) is 0 Å². The van der Waals surface area contributed by atoms with E-state index in [1.165, 1.54) is 17.8 Å². The molecule has 1 aromatic heterocycles. The Morgan fingerprint density at radius 2 is 1.77 bits per heavy atom. The molecule has 1 saturated heterocycles. The summed E-state index contributed by atoms with van der Waals surface area (Å²) in [7, 11) is 0. The topological polar surface area (TPSA) is 59.5 Å². The second kappa shape index (κ2) is 11.3. The standard InChI is InChI=1S/C31H26ClFN4O2/c32-29-18-26(8-10-30(29)39-20-21-3-1-5-25(33)15-21)35-31-28-9-7-23(16-24(28)19-34-36-31)22-4-2-6-27(17-22)37-11-13-38-14-12-37/h1-10,15-19H,11-14,20H2,(H,35,36). The summed E-state index contributed by atoms with van der Waals surface area (Å²) in [5, 5.41) is 14.2. The van der Waals surface area contributed by atoms with Gasteiger partial charge in [0.15, 0.2) is 5.82 Å². The third-order valence-electron chi connectivity index (χ3n) is 6.69. The van der Waals surface area contributed by atoms with Crippen molar-refractivity contribution in [3.05, 3.63) is 108 Å². The fraction of sp³-hybridized carbons (Fsp3) is 0.161. The van der Waals surface area contributed by atoms with E-state index in [0.717, 1.165) is 59.5 Å². The number of halogens is 2. The molecule has 0 radical (unpaired) electrons. The van der Waals surface area contributed by atoms with Gasteiger partial charge in [0.05, 0.1) is 24.4 Å². The molecule has 0 bridgehead atoms. The molecule has 1 aliphatic rings. The van der Waals surface area contributed by atoms with Crippen molar-refractivity contribution < 1.29 is 13.9 Å². The van der Waals surface area contributed by atoms with Crippen molar-refractivity contribution in [2.24, 2.45) is 0 Å². The fourth-order valence-electron chi connectivity index (χ4n) is 4.68. The summed E-state index contributed by atoms with van der Waals surface area (Å²) in [6, 6.07) is 26.6. The zero-order valence-electron chi connectivity index (χ0n) is 21.1. The molecule has 4 aromatic carbocycles. The van der Waals surface area contributed by atoms with E-state index in [1.807, 2.05) is 6.07 Å². The lowest BCUT2D eigenvalue weighted by molar-refractivity contribution is 0.122. The normalized spacial score (nSPS) is 13.4. The van der Waals surface area contributed by atoms with Crippen LogP contribution >= 0.6 is 11.6 Å². The predicted molar refractivity (Wildman–Crippen MR) is 153 cm³/mol. The Bertz CT molecular complexity index is 1620. The van der Waals surface area contributed by atoms with Gasteiger partial charge in [0.25, 0.3) is 0 Å². The largest absolute Gasteiger partial charge is 0.487 e. The van der Waals surface area contributed by atoms with E-state index >= 15 is 0 Å². The molecular formula is C31H26ClFN4O2. The van der Waals surface area contributed by atoms with Crippen LogP contribution in [-0.2, 0) is 11.3 Å². The van der Waals surface area contributed by atoms with Crippen LogP contribution in [0.2, 0.25) is 5.02 Å². The summed E-state index contributed by atoms with van der Waals surface area (Å²) in [6.45, 7) is 3.53. The Morgan fingerprint density at radius 3 is 2.62 bits per heavy atom. The maximum absolute atomic E-state index is 13.4. The summed E-state index contributed by atoms with van der Waals surface area (Å²) in [6.07, 6.45) is 1.77. The van der Waals surface area contributed by atoms with Crippen molar-refractivity contribution >= 4 is 39.6 Å². The molecule has 1 N–H and O–H groups in total. The number of aromatic nitrogens is 2. The number of morpholine rings is 1. The molecular weight excluding hydrogens is 515 g/mol. The fourth-order valence-corrected chi connectivity index (χ4v) is 4.92. The van der Waals surface area contributed by atoms with Gasteiger partial charge < -0.3 is 19.7 Å². The number of ether oxygens (including phenoxy) is 2. The van der Waals surface area contributed by atoms with Gasteiger partial charge in [-0.3, -0.25) is 0 Å². The van der Waals surface area contributed by atoms with Crippen LogP contribution in [0, 0.1) is 5.82 Å². The van der Waals surface area contributed by atoms with Gasteiger partial charge in [-0.05, 0) is 71.3 Å². The quantitative estimate of drug-likeness (QED) is 0.235. The van der Waals surface area contributed by atoms with Gasteiger partial charge in [-0.1, -0.05) is 41.9 Å². The van der Waals surface area contributed by atoms with Crippen LogP contribution in [-0.4, -0.2) is 36.5 Å². The highest BCUT2D eigenvalue weighted by molar-refractivity contribution is 6.32. The van der Waals surface area contributed by atoms with Gasteiger partial charge in [-0.2, -0.15) is 5.10 Å². The average Bonchev–Trinajstić information content (AvgIpc) is 2.97. The van der Waals surface area contributed by atoms with Crippen molar-refractivity contribution in [2.45, 2.75) is 6.61 Å². The van der Waals surface area contributed by atoms with Gasteiger partial charge in [0.1, 0.15) is 18.2 Å². The van der Waals surface area contributed by atoms with Gasteiger partial charge in [0, 0.05) is 35.2 Å². The number of fused-ring (bicyclic) bond motifs is 1. The van der Waals surface area contributed by atoms with Gasteiger partial charge >= 0.3 is 0 Å². The molecule has 1 aliphatic heterocycles. The minimum Gasteiger partial charge on any atom is -0.487 e. The maximum Gasteiger partial charge on any atom is 0.160 e. The smallest absolute Gasteiger partial charge is 0.160 e. The molecule has 0 spiro atoms. The van der Waals surface area contributed by atoms with E-state index in [4.69, 9.17) is 21.1 Å². The number of rotatable bonds is 7. The van der Waals surface area contributed by atoms with Crippen LogP contribution < -0.4 is 15.0 Å². The van der Waals surface area contributed by atoms with Crippen molar-refractivity contribution in [2.75, 3.05) is 36.5 Å². The minimum absolute atomic E-state index is 0.219. The first-order chi connectivity index (χ1) is 19.1. The summed E-state index contributed by atoms with van der Waals surface area (Å²) >= 11 is 6.48. The van der Waals surface area contributed by atoms with Crippen LogP contribution in [0.5, 0.6) is 5.75 Å². The molecule has 8 heteroatoms. The number of benzene rings is 4. The highest BCUT2D eigenvalue weighted by Gasteiger charge is 2.13. The predicted octanol–water partition coefficient (Wildman–Crippen LogP) is 7.25. The number of anilines is 3. The lowest BCUT2D eigenvalue weighted by Gasteiger charge is -2.29. The number of hydrogen-bond donors (Lipinski definition) is 1. The molecule has 39 heavy (non-hydrogen) atoms. The van der Waals surface area contributed by atoms with Crippen LogP contribution in [0.3, 0.4) is 0 Å². The number of nitrogens with zero attached hydrogens (tertiary/aromatic N) is 3. The van der Waals surface area contributed by atoms with E-state index in [2.05, 4.69) is 62.9 Å². The van der Waals surface area contributed by atoms with Crippen LogP contribution in [0.4, 0.5) is 21.6 Å². The zero-order valence-corrected chi connectivity index (χ0v) is 21.9. The van der Waals surface area contributed by atoms with Crippen LogP contribution in [0.15, 0.2) is 91.1 Å². The number of nitrogens with one attached hydrogen (secondary N) is 1. The Morgan fingerprint density at radius 1 is 0.923 bits per heavy atom. The van der Waals surface area contributed by atoms with Crippen LogP contribution in [0.1, 0.15) is 5.56 Å². The molecule has 196 valence electrons. The average molecular weight is 541 g/mol. The summed E-state index contributed by atoms with van der Waals surface area (Å²) < 4.78 is 24.7. The van der Waals surface area contributed by atoms with Gasteiger partial charge in [-0.25, -0.2) is 4.39 Å².